The minimum atomic E-state index is -0.206. The van der Waals surface area contributed by atoms with E-state index in [9.17, 15) is 4.79 Å². The molecule has 138 valence electrons. The van der Waals surface area contributed by atoms with Gasteiger partial charge in [-0.15, -0.1) is 11.8 Å². The van der Waals surface area contributed by atoms with Crippen LogP contribution in [0.15, 0.2) is 53.4 Å². The number of amides is 2. The van der Waals surface area contributed by atoms with Crippen molar-refractivity contribution in [2.75, 3.05) is 31.6 Å². The third-order valence-electron chi connectivity index (χ3n) is 4.14. The molecule has 3 N–H and O–H groups in total. The van der Waals surface area contributed by atoms with Crippen LogP contribution in [-0.2, 0) is 10.5 Å². The molecule has 26 heavy (non-hydrogen) atoms. The zero-order chi connectivity index (χ0) is 18.2. The number of thioether (sulfide) groups is 1. The molecule has 2 aromatic carbocycles. The number of carbonyl (C=O) groups is 1. The van der Waals surface area contributed by atoms with Gasteiger partial charge in [-0.3, -0.25) is 0 Å². The number of benzene rings is 2. The maximum Gasteiger partial charge on any atom is 0.319 e. The van der Waals surface area contributed by atoms with Crippen LogP contribution in [0.1, 0.15) is 11.1 Å². The highest BCUT2D eigenvalue weighted by atomic mass is 32.2. The van der Waals surface area contributed by atoms with Gasteiger partial charge in [-0.1, -0.05) is 42.0 Å². The summed E-state index contributed by atoms with van der Waals surface area (Å²) in [4.78, 5) is 13.3. The zero-order valence-corrected chi connectivity index (χ0v) is 15.8. The third-order valence-corrected chi connectivity index (χ3v) is 5.29. The van der Waals surface area contributed by atoms with Crippen LogP contribution in [0.4, 0.5) is 10.5 Å². The molecule has 1 saturated heterocycles. The van der Waals surface area contributed by atoms with E-state index in [2.05, 4.69) is 47.1 Å². The topological polar surface area (TPSA) is 62.4 Å². The van der Waals surface area contributed by atoms with E-state index < -0.39 is 0 Å². The number of anilines is 1. The van der Waals surface area contributed by atoms with Gasteiger partial charge in [0.25, 0.3) is 0 Å². The molecule has 0 aliphatic carbocycles. The number of rotatable bonds is 6. The van der Waals surface area contributed by atoms with Crippen LogP contribution in [0, 0.1) is 6.92 Å². The number of para-hydroxylation sites is 1. The highest BCUT2D eigenvalue weighted by molar-refractivity contribution is 7.98. The summed E-state index contributed by atoms with van der Waals surface area (Å²) in [6.45, 7) is 4.91. The summed E-state index contributed by atoms with van der Waals surface area (Å²) in [5.74, 6) is 0.863. The van der Waals surface area contributed by atoms with Crippen LogP contribution in [0.2, 0.25) is 0 Å². The Hall–Kier alpha value is -2.02. The standard InChI is InChI=1S/C20H25N3O2S/c1-15-6-8-16(9-7-15)14-26-19-5-3-2-4-18(19)23-20(24)22-13-17-12-21-10-11-25-17/h2-9,17,21H,10-14H2,1H3,(H2,22,23,24). The molecule has 0 spiro atoms. The van der Waals surface area contributed by atoms with Crippen molar-refractivity contribution in [1.82, 2.24) is 10.6 Å². The summed E-state index contributed by atoms with van der Waals surface area (Å²) in [5.41, 5.74) is 3.35. The maximum atomic E-state index is 12.2. The smallest absolute Gasteiger partial charge is 0.319 e. The van der Waals surface area contributed by atoms with Crippen molar-refractivity contribution in [3.05, 3.63) is 59.7 Å². The summed E-state index contributed by atoms with van der Waals surface area (Å²) in [6, 6.07) is 16.2. The summed E-state index contributed by atoms with van der Waals surface area (Å²) < 4.78 is 5.59. The first-order valence-corrected chi connectivity index (χ1v) is 9.84. The van der Waals surface area contributed by atoms with Crippen molar-refractivity contribution in [2.45, 2.75) is 23.7 Å². The molecule has 3 rings (SSSR count). The van der Waals surface area contributed by atoms with Gasteiger partial charge in [-0.2, -0.15) is 0 Å². The molecular weight excluding hydrogens is 346 g/mol. The molecule has 1 heterocycles. The first-order valence-electron chi connectivity index (χ1n) is 8.85. The molecule has 2 amide bonds. The number of nitrogens with one attached hydrogen (secondary N) is 3. The fourth-order valence-electron chi connectivity index (χ4n) is 2.67. The molecule has 1 aliphatic heterocycles. The number of aryl methyl sites for hydroxylation is 1. The number of hydrogen-bond acceptors (Lipinski definition) is 4. The average molecular weight is 372 g/mol. The molecule has 0 saturated carbocycles. The first kappa shape index (κ1) is 18.8. The van der Waals surface area contributed by atoms with Crippen LogP contribution < -0.4 is 16.0 Å². The quantitative estimate of drug-likeness (QED) is 0.681. The molecule has 2 aromatic rings. The van der Waals surface area contributed by atoms with Crippen LogP contribution in [0.5, 0.6) is 0 Å². The van der Waals surface area contributed by atoms with E-state index in [4.69, 9.17) is 4.74 Å². The molecule has 0 aromatic heterocycles. The number of hydrogen-bond donors (Lipinski definition) is 3. The highest BCUT2D eigenvalue weighted by Gasteiger charge is 2.14. The van der Waals surface area contributed by atoms with Crippen molar-refractivity contribution >= 4 is 23.5 Å². The summed E-state index contributed by atoms with van der Waals surface area (Å²) in [6.07, 6.45) is 0.0284. The molecule has 5 nitrogen and oxygen atoms in total. The van der Waals surface area contributed by atoms with E-state index in [-0.39, 0.29) is 12.1 Å². The van der Waals surface area contributed by atoms with E-state index in [1.54, 1.807) is 11.8 Å². The minimum absolute atomic E-state index is 0.0284. The van der Waals surface area contributed by atoms with Gasteiger partial charge in [0, 0.05) is 30.3 Å². The Bertz CT molecular complexity index is 715. The Balaban J connectivity index is 1.52. The predicted molar refractivity (Wildman–Crippen MR) is 107 cm³/mol. The minimum Gasteiger partial charge on any atom is -0.374 e. The average Bonchev–Trinajstić information content (AvgIpc) is 2.68. The van der Waals surface area contributed by atoms with Gasteiger partial charge in [-0.25, -0.2) is 4.79 Å². The largest absolute Gasteiger partial charge is 0.374 e. The van der Waals surface area contributed by atoms with Crippen molar-refractivity contribution in [1.29, 1.82) is 0 Å². The first-order chi connectivity index (χ1) is 12.7. The Morgan fingerprint density at radius 3 is 2.81 bits per heavy atom. The highest BCUT2D eigenvalue weighted by Crippen LogP contribution is 2.29. The fraction of sp³-hybridized carbons (Fsp3) is 0.350. The van der Waals surface area contributed by atoms with Gasteiger partial charge < -0.3 is 20.7 Å². The zero-order valence-electron chi connectivity index (χ0n) is 15.0. The Labute approximate surface area is 158 Å². The molecule has 1 unspecified atom stereocenters. The van der Waals surface area contributed by atoms with E-state index in [1.807, 2.05) is 24.3 Å². The molecule has 0 bridgehead atoms. The third kappa shape index (κ3) is 5.76. The molecule has 1 aliphatic rings. The van der Waals surface area contributed by atoms with E-state index in [1.165, 1.54) is 11.1 Å². The number of morpholine rings is 1. The lowest BCUT2D eigenvalue weighted by Crippen LogP contribution is -2.46. The summed E-state index contributed by atoms with van der Waals surface area (Å²) in [5, 5.41) is 9.09. The van der Waals surface area contributed by atoms with Crippen LogP contribution in [0.25, 0.3) is 0 Å². The van der Waals surface area contributed by atoms with E-state index >= 15 is 0 Å². The number of urea groups is 1. The van der Waals surface area contributed by atoms with Gasteiger partial charge in [0.2, 0.25) is 0 Å². The SMILES string of the molecule is Cc1ccc(CSc2ccccc2NC(=O)NCC2CNCCO2)cc1. The van der Waals surface area contributed by atoms with Crippen molar-refractivity contribution < 1.29 is 9.53 Å². The van der Waals surface area contributed by atoms with Gasteiger partial charge in [-0.05, 0) is 24.6 Å². The number of carbonyl (C=O) groups excluding carboxylic acids is 1. The summed E-state index contributed by atoms with van der Waals surface area (Å²) >= 11 is 1.72. The van der Waals surface area contributed by atoms with E-state index in [0.29, 0.717) is 13.2 Å². The van der Waals surface area contributed by atoms with Gasteiger partial charge in [0.05, 0.1) is 18.4 Å². The molecule has 0 radical (unpaired) electrons. The fourth-order valence-corrected chi connectivity index (χ4v) is 3.63. The van der Waals surface area contributed by atoms with Crippen LogP contribution in [0.3, 0.4) is 0 Å². The predicted octanol–water partition coefficient (Wildman–Crippen LogP) is 3.40. The Morgan fingerprint density at radius 2 is 2.04 bits per heavy atom. The molecule has 6 heteroatoms. The lowest BCUT2D eigenvalue weighted by Gasteiger charge is -2.23. The van der Waals surface area contributed by atoms with Crippen molar-refractivity contribution in [2.24, 2.45) is 0 Å². The van der Waals surface area contributed by atoms with Crippen molar-refractivity contribution in [3.8, 4) is 0 Å². The summed E-state index contributed by atoms with van der Waals surface area (Å²) in [7, 11) is 0. The second kappa shape index (κ2) is 9.62. The Morgan fingerprint density at radius 1 is 1.23 bits per heavy atom. The Kier molecular flexibility index (Phi) is 6.94. The van der Waals surface area contributed by atoms with Crippen molar-refractivity contribution in [3.63, 3.8) is 0 Å². The second-order valence-electron chi connectivity index (χ2n) is 6.30. The second-order valence-corrected chi connectivity index (χ2v) is 7.32. The monoisotopic (exact) mass is 371 g/mol. The number of ether oxygens (including phenoxy) is 1. The maximum absolute atomic E-state index is 12.2. The normalized spacial score (nSPS) is 16.9. The van der Waals surface area contributed by atoms with Crippen LogP contribution >= 0.6 is 11.8 Å². The molecular formula is C20H25N3O2S. The molecule has 1 atom stereocenters. The molecule has 1 fully saturated rings. The lowest BCUT2D eigenvalue weighted by molar-refractivity contribution is 0.0310. The van der Waals surface area contributed by atoms with Crippen LogP contribution in [-0.4, -0.2) is 38.4 Å². The van der Waals surface area contributed by atoms with E-state index in [0.717, 1.165) is 29.4 Å². The van der Waals surface area contributed by atoms with Gasteiger partial charge >= 0.3 is 6.03 Å². The lowest BCUT2D eigenvalue weighted by atomic mass is 10.2. The van der Waals surface area contributed by atoms with Gasteiger partial charge in [0.15, 0.2) is 0 Å². The van der Waals surface area contributed by atoms with Gasteiger partial charge in [0.1, 0.15) is 0 Å².